The van der Waals surface area contributed by atoms with Crippen molar-refractivity contribution in [2.24, 2.45) is 5.92 Å². The van der Waals surface area contributed by atoms with Gasteiger partial charge in [0, 0.05) is 0 Å². The predicted molar refractivity (Wildman–Crippen MR) is 47.8 cm³/mol. The molecule has 0 saturated heterocycles. The van der Waals surface area contributed by atoms with Gasteiger partial charge in [0.05, 0.1) is 0 Å². The van der Waals surface area contributed by atoms with Crippen LogP contribution in [0.2, 0.25) is 4.75 Å². The van der Waals surface area contributed by atoms with Crippen LogP contribution in [0, 0.1) is 5.92 Å². The molecule has 0 N–H and O–H groups in total. The normalized spacial score (nSPS) is 15.2. The topological polar surface area (TPSA) is 0 Å². The molecule has 0 spiro atoms. The van der Waals surface area contributed by atoms with Crippen molar-refractivity contribution in [3.63, 3.8) is 0 Å². The molecule has 0 heterocycles. The molecule has 54 valence electrons. The van der Waals surface area contributed by atoms with E-state index in [0.717, 1.165) is 10.7 Å². The van der Waals surface area contributed by atoms with E-state index < -0.39 is 0 Å². The van der Waals surface area contributed by atoms with Crippen molar-refractivity contribution in [1.82, 2.24) is 0 Å². The van der Waals surface area contributed by atoms with Gasteiger partial charge < -0.3 is 0 Å². The van der Waals surface area contributed by atoms with Crippen LogP contribution in [-0.4, -0.2) is 19.8 Å². The molecule has 1 atom stereocenters. The molecule has 0 nitrogen and oxygen atoms in total. The third-order valence-electron chi connectivity index (χ3n) is 1.73. The maximum absolute atomic E-state index is 2.52. The molecule has 0 rings (SSSR count). The minimum absolute atomic E-state index is 0.0229. The summed E-state index contributed by atoms with van der Waals surface area (Å²) in [5.41, 5.74) is 0. The Balaban J connectivity index is 3.48. The first kappa shape index (κ1) is 9.41. The average Bonchev–Trinajstić information content (AvgIpc) is 1.82. The van der Waals surface area contributed by atoms with Crippen molar-refractivity contribution in [1.29, 1.82) is 0 Å². The molecule has 0 aromatic carbocycles. The van der Waals surface area contributed by atoms with Gasteiger partial charge in [-0.1, -0.05) is 0 Å². The molecule has 0 aliphatic heterocycles. The van der Waals surface area contributed by atoms with E-state index >= 15 is 0 Å². The molecule has 0 aromatic rings. The van der Waals surface area contributed by atoms with Gasteiger partial charge in [0.2, 0.25) is 0 Å². The summed E-state index contributed by atoms with van der Waals surface area (Å²) in [6.45, 7) is 9.28. The van der Waals surface area contributed by atoms with Crippen LogP contribution in [0.3, 0.4) is 0 Å². The Morgan fingerprint density at radius 2 is 1.89 bits per heavy atom. The summed E-state index contributed by atoms with van der Waals surface area (Å²) < 4.78 is 1.02. The van der Waals surface area contributed by atoms with Gasteiger partial charge in [-0.2, -0.15) is 0 Å². The van der Waals surface area contributed by atoms with Crippen LogP contribution in [-0.2, 0) is 0 Å². The van der Waals surface area contributed by atoms with Crippen molar-refractivity contribution >= 4 is 19.8 Å². The zero-order chi connectivity index (χ0) is 7.28. The average molecular weight is 187 g/mol. The molecule has 0 aliphatic carbocycles. The van der Waals surface area contributed by atoms with E-state index in [1.54, 1.807) is 0 Å². The van der Waals surface area contributed by atoms with Crippen molar-refractivity contribution in [2.75, 3.05) is 0 Å². The zero-order valence-electron chi connectivity index (χ0n) is 7.02. The molecule has 0 amide bonds. The summed E-state index contributed by atoms with van der Waals surface area (Å²) in [4.78, 5) is 2.52. The van der Waals surface area contributed by atoms with Crippen LogP contribution in [0.5, 0.6) is 0 Å². The van der Waals surface area contributed by atoms with E-state index in [-0.39, 0.29) is 15.0 Å². The molecule has 9 heavy (non-hydrogen) atoms. The second-order valence-corrected chi connectivity index (χ2v) is 6.94. The Labute approximate surface area is 65.1 Å². The molecule has 0 bridgehead atoms. The van der Waals surface area contributed by atoms with E-state index in [2.05, 4.69) is 32.5 Å². The van der Waals surface area contributed by atoms with Gasteiger partial charge in [-0.3, -0.25) is 0 Å². The Bertz CT molecular complexity index is 84.6. The summed E-state index contributed by atoms with van der Waals surface area (Å²) in [6, 6.07) is 0. The first-order valence-electron chi connectivity index (χ1n) is 3.85. The van der Waals surface area contributed by atoms with Crippen LogP contribution in [0.25, 0.3) is 0 Å². The second-order valence-electron chi connectivity index (χ2n) is 2.94. The molecule has 0 fully saturated rings. The Morgan fingerprint density at radius 3 is 2.22 bits per heavy atom. The summed E-state index contributed by atoms with van der Waals surface area (Å²) in [6.07, 6.45) is 1.29. The molecule has 0 saturated carbocycles. The van der Waals surface area contributed by atoms with Crippen molar-refractivity contribution in [3.8, 4) is 0 Å². The van der Waals surface area contributed by atoms with Crippen LogP contribution in [0.1, 0.15) is 34.1 Å². The van der Waals surface area contributed by atoms with Gasteiger partial charge in [0.15, 0.2) is 0 Å². The van der Waals surface area contributed by atoms with Crippen molar-refractivity contribution in [2.45, 2.75) is 38.9 Å². The SMILES string of the molecule is CC[CH]=[GeH][CH](C)C(C)C. The van der Waals surface area contributed by atoms with Crippen LogP contribution in [0.15, 0.2) is 0 Å². The second kappa shape index (κ2) is 5.22. The molecular formula is C8H18Ge. The molecule has 0 aliphatic rings. The van der Waals surface area contributed by atoms with Crippen LogP contribution >= 0.6 is 0 Å². The Kier molecular flexibility index (Phi) is 5.46. The van der Waals surface area contributed by atoms with Crippen molar-refractivity contribution in [3.05, 3.63) is 0 Å². The molecule has 0 aromatic heterocycles. The summed E-state index contributed by atoms with van der Waals surface area (Å²) in [5.74, 6) is 0.910. The third-order valence-corrected chi connectivity index (χ3v) is 6.18. The Morgan fingerprint density at radius 1 is 1.33 bits per heavy atom. The van der Waals surface area contributed by atoms with Gasteiger partial charge in [-0.15, -0.1) is 0 Å². The van der Waals surface area contributed by atoms with E-state index in [9.17, 15) is 0 Å². The predicted octanol–water partition coefficient (Wildman–Crippen LogP) is 2.10. The minimum atomic E-state index is 0.0229. The van der Waals surface area contributed by atoms with Gasteiger partial charge in [0.1, 0.15) is 0 Å². The number of hydrogen-bond donors (Lipinski definition) is 0. The first-order chi connectivity index (χ1) is 4.18. The van der Waals surface area contributed by atoms with Gasteiger partial charge in [-0.25, -0.2) is 0 Å². The molecule has 1 unspecified atom stereocenters. The summed E-state index contributed by atoms with van der Waals surface area (Å²) in [5, 5.41) is 0. The van der Waals surface area contributed by atoms with Crippen molar-refractivity contribution < 1.29 is 0 Å². The number of hydrogen-bond acceptors (Lipinski definition) is 0. The van der Waals surface area contributed by atoms with E-state index in [4.69, 9.17) is 0 Å². The quantitative estimate of drug-likeness (QED) is 0.593. The summed E-state index contributed by atoms with van der Waals surface area (Å²) in [7, 11) is 0. The standard InChI is InChI=1S/C8H18Ge/c1-5-6-9-8(4)7(2)3/h6-9H,5H2,1-4H3. The molecule has 0 radical (unpaired) electrons. The van der Waals surface area contributed by atoms with Gasteiger partial charge >= 0.3 is 64.6 Å². The van der Waals surface area contributed by atoms with Gasteiger partial charge in [0.25, 0.3) is 0 Å². The first-order valence-corrected chi connectivity index (χ1v) is 6.64. The fourth-order valence-corrected chi connectivity index (χ4v) is 2.98. The molecular weight excluding hydrogens is 169 g/mol. The van der Waals surface area contributed by atoms with Gasteiger partial charge in [-0.05, 0) is 0 Å². The van der Waals surface area contributed by atoms with Crippen LogP contribution in [0.4, 0.5) is 0 Å². The monoisotopic (exact) mass is 188 g/mol. The van der Waals surface area contributed by atoms with E-state index in [0.29, 0.717) is 0 Å². The molecule has 1 heteroatoms. The Hall–Kier alpha value is 0.413. The van der Waals surface area contributed by atoms with Crippen LogP contribution < -0.4 is 0 Å². The maximum atomic E-state index is 2.52. The number of rotatable bonds is 3. The fourth-order valence-electron chi connectivity index (χ4n) is 0.573. The fraction of sp³-hybridized carbons (Fsp3) is 0.875. The zero-order valence-corrected chi connectivity index (χ0v) is 9.44. The van der Waals surface area contributed by atoms with E-state index in [1.165, 1.54) is 6.42 Å². The van der Waals surface area contributed by atoms with E-state index in [1.807, 2.05) is 0 Å². The third kappa shape index (κ3) is 4.89. The summed E-state index contributed by atoms with van der Waals surface area (Å²) >= 11 is 0.0229.